The van der Waals surface area contributed by atoms with Gasteiger partial charge in [0, 0.05) is 6.07 Å². The molecule has 0 aliphatic carbocycles. The van der Waals surface area contributed by atoms with Crippen molar-refractivity contribution >= 4 is 37.8 Å². The summed E-state index contributed by atoms with van der Waals surface area (Å²) in [5.74, 6) is 0.146. The van der Waals surface area contributed by atoms with Crippen molar-refractivity contribution in [1.82, 2.24) is 10.1 Å². The van der Waals surface area contributed by atoms with Crippen molar-refractivity contribution in [2.75, 3.05) is 7.11 Å². The number of nitrogens with zero attached hydrogens (tertiary/aromatic N) is 2. The van der Waals surface area contributed by atoms with Crippen LogP contribution in [0.5, 0.6) is 5.88 Å². The van der Waals surface area contributed by atoms with E-state index < -0.39 is 5.97 Å². The van der Waals surface area contributed by atoms with E-state index in [1.165, 1.54) is 13.2 Å². The molecule has 0 amide bonds. The molecule has 2 rings (SSSR count). The van der Waals surface area contributed by atoms with Crippen molar-refractivity contribution in [3.63, 3.8) is 0 Å². The summed E-state index contributed by atoms with van der Waals surface area (Å²) >= 11 is 6.42. The first-order chi connectivity index (χ1) is 9.10. The van der Waals surface area contributed by atoms with Gasteiger partial charge in [-0.25, -0.2) is 9.78 Å². The standard InChI is InChI=1S/C11H8Br2N2O4/c1-17-9-4-6(19-15-9)5-18-11(16)10-7(12)2-3-8(13)14-10/h2-4H,5H2,1H3. The highest BCUT2D eigenvalue weighted by Gasteiger charge is 2.15. The van der Waals surface area contributed by atoms with Gasteiger partial charge < -0.3 is 14.0 Å². The van der Waals surface area contributed by atoms with E-state index in [9.17, 15) is 4.79 Å². The number of pyridine rings is 1. The number of methoxy groups -OCH3 is 1. The fourth-order valence-electron chi connectivity index (χ4n) is 1.22. The Labute approximate surface area is 125 Å². The van der Waals surface area contributed by atoms with Gasteiger partial charge in [-0.2, -0.15) is 0 Å². The predicted molar refractivity (Wildman–Crippen MR) is 71.8 cm³/mol. The summed E-state index contributed by atoms with van der Waals surface area (Å²) in [6.45, 7) is -0.0458. The van der Waals surface area contributed by atoms with Crippen LogP contribution in [-0.2, 0) is 11.3 Å². The lowest BCUT2D eigenvalue weighted by Gasteiger charge is -2.04. The molecule has 0 aliphatic heterocycles. The molecular weight excluding hydrogens is 384 g/mol. The minimum atomic E-state index is -0.566. The molecule has 0 atom stereocenters. The van der Waals surface area contributed by atoms with Crippen LogP contribution in [0.3, 0.4) is 0 Å². The maximum absolute atomic E-state index is 11.8. The van der Waals surface area contributed by atoms with E-state index in [-0.39, 0.29) is 12.3 Å². The SMILES string of the molecule is COc1cc(COC(=O)c2nc(Br)ccc2Br)on1. The van der Waals surface area contributed by atoms with Gasteiger partial charge in [-0.15, -0.1) is 0 Å². The molecule has 2 heterocycles. The van der Waals surface area contributed by atoms with E-state index in [0.717, 1.165) is 0 Å². The van der Waals surface area contributed by atoms with Gasteiger partial charge >= 0.3 is 5.97 Å². The molecule has 0 radical (unpaired) electrons. The quantitative estimate of drug-likeness (QED) is 0.589. The Hall–Kier alpha value is -1.41. The number of hydrogen-bond donors (Lipinski definition) is 0. The second kappa shape index (κ2) is 6.16. The van der Waals surface area contributed by atoms with Gasteiger partial charge in [0.15, 0.2) is 18.1 Å². The Morgan fingerprint density at radius 2 is 2.21 bits per heavy atom. The highest BCUT2D eigenvalue weighted by atomic mass is 79.9. The first kappa shape index (κ1) is 14.0. The minimum Gasteiger partial charge on any atom is -0.479 e. The van der Waals surface area contributed by atoms with Crippen LogP contribution in [0.15, 0.2) is 31.8 Å². The molecule has 2 aromatic heterocycles. The van der Waals surface area contributed by atoms with E-state index in [1.807, 2.05) is 0 Å². The highest BCUT2D eigenvalue weighted by Crippen LogP contribution is 2.19. The Kier molecular flexibility index (Phi) is 4.54. The summed E-state index contributed by atoms with van der Waals surface area (Å²) < 4.78 is 15.9. The summed E-state index contributed by atoms with van der Waals surface area (Å²) in [5.41, 5.74) is 0.181. The lowest BCUT2D eigenvalue weighted by atomic mass is 10.3. The average Bonchev–Trinajstić information content (AvgIpc) is 2.87. The van der Waals surface area contributed by atoms with Crippen molar-refractivity contribution in [2.24, 2.45) is 0 Å². The Balaban J connectivity index is 2.03. The zero-order chi connectivity index (χ0) is 13.8. The highest BCUT2D eigenvalue weighted by molar-refractivity contribution is 9.11. The Bertz CT molecular complexity index is 600. The second-order valence-electron chi connectivity index (χ2n) is 3.38. The molecule has 0 saturated carbocycles. The summed E-state index contributed by atoms with van der Waals surface area (Å²) in [6, 6.07) is 4.95. The molecule has 0 saturated heterocycles. The summed E-state index contributed by atoms with van der Waals surface area (Å²) in [7, 11) is 1.47. The summed E-state index contributed by atoms with van der Waals surface area (Å²) in [5, 5.41) is 3.60. The largest absolute Gasteiger partial charge is 0.479 e. The third-order valence-corrected chi connectivity index (χ3v) is 3.18. The fourth-order valence-corrected chi connectivity index (χ4v) is 1.92. The molecule has 8 heteroatoms. The number of ether oxygens (including phenoxy) is 2. The second-order valence-corrected chi connectivity index (χ2v) is 5.04. The third kappa shape index (κ3) is 3.54. The summed E-state index contributed by atoms with van der Waals surface area (Å²) in [6.07, 6.45) is 0. The normalized spacial score (nSPS) is 10.3. The van der Waals surface area contributed by atoms with E-state index >= 15 is 0 Å². The number of carbonyl (C=O) groups excluding carboxylic acids is 1. The van der Waals surface area contributed by atoms with Crippen molar-refractivity contribution in [3.8, 4) is 5.88 Å². The number of aromatic nitrogens is 2. The van der Waals surface area contributed by atoms with Gasteiger partial charge in [-0.1, -0.05) is 0 Å². The first-order valence-electron chi connectivity index (χ1n) is 5.09. The molecule has 0 aromatic carbocycles. The maximum atomic E-state index is 11.8. The molecule has 6 nitrogen and oxygen atoms in total. The number of hydrogen-bond acceptors (Lipinski definition) is 6. The lowest BCUT2D eigenvalue weighted by Crippen LogP contribution is -2.08. The third-order valence-electron chi connectivity index (χ3n) is 2.10. The molecule has 0 spiro atoms. The number of halogens is 2. The van der Waals surface area contributed by atoms with Crippen LogP contribution in [0.1, 0.15) is 16.2 Å². The first-order valence-corrected chi connectivity index (χ1v) is 6.67. The average molecular weight is 392 g/mol. The van der Waals surface area contributed by atoms with Gasteiger partial charge in [0.25, 0.3) is 5.88 Å². The monoisotopic (exact) mass is 390 g/mol. The Morgan fingerprint density at radius 1 is 1.42 bits per heavy atom. The van der Waals surface area contributed by atoms with Crippen LogP contribution < -0.4 is 4.74 Å². The molecule has 100 valence electrons. The fraction of sp³-hybridized carbons (Fsp3) is 0.182. The molecule has 0 N–H and O–H groups in total. The number of carbonyl (C=O) groups is 1. The van der Waals surface area contributed by atoms with Crippen LogP contribution >= 0.6 is 31.9 Å². The molecular formula is C11H8Br2N2O4. The molecule has 0 fully saturated rings. The predicted octanol–water partition coefficient (Wildman–Crippen LogP) is 2.96. The Morgan fingerprint density at radius 3 is 2.89 bits per heavy atom. The molecule has 0 bridgehead atoms. The van der Waals surface area contributed by atoms with Gasteiger partial charge in [0.1, 0.15) is 4.60 Å². The van der Waals surface area contributed by atoms with Gasteiger partial charge in [-0.3, -0.25) is 0 Å². The van der Waals surface area contributed by atoms with E-state index in [2.05, 4.69) is 42.0 Å². The smallest absolute Gasteiger partial charge is 0.358 e. The van der Waals surface area contributed by atoms with Gasteiger partial charge in [0.2, 0.25) is 0 Å². The van der Waals surface area contributed by atoms with Crippen LogP contribution in [0, 0.1) is 0 Å². The van der Waals surface area contributed by atoms with Crippen molar-refractivity contribution in [3.05, 3.63) is 38.7 Å². The van der Waals surface area contributed by atoms with Crippen LogP contribution in [0.25, 0.3) is 0 Å². The van der Waals surface area contributed by atoms with Crippen molar-refractivity contribution in [1.29, 1.82) is 0 Å². The number of rotatable bonds is 4. The van der Waals surface area contributed by atoms with Crippen molar-refractivity contribution < 1.29 is 18.8 Å². The van der Waals surface area contributed by atoms with Crippen LogP contribution in [-0.4, -0.2) is 23.2 Å². The van der Waals surface area contributed by atoms with Crippen molar-refractivity contribution in [2.45, 2.75) is 6.61 Å². The van der Waals surface area contributed by atoms with Crippen LogP contribution in [0.2, 0.25) is 0 Å². The zero-order valence-electron chi connectivity index (χ0n) is 9.72. The maximum Gasteiger partial charge on any atom is 0.358 e. The van der Waals surface area contributed by atoms with E-state index in [1.54, 1.807) is 12.1 Å². The van der Waals surface area contributed by atoms with E-state index in [4.69, 9.17) is 14.0 Å². The van der Waals surface area contributed by atoms with Gasteiger partial charge in [0.05, 0.1) is 11.6 Å². The summed E-state index contributed by atoms with van der Waals surface area (Å²) in [4.78, 5) is 15.9. The molecule has 0 aliphatic rings. The van der Waals surface area contributed by atoms with E-state index in [0.29, 0.717) is 20.7 Å². The lowest BCUT2D eigenvalue weighted by molar-refractivity contribution is 0.0429. The van der Waals surface area contributed by atoms with Crippen LogP contribution in [0.4, 0.5) is 0 Å². The topological polar surface area (TPSA) is 74.5 Å². The minimum absolute atomic E-state index is 0.0458. The van der Waals surface area contributed by atoms with Gasteiger partial charge in [-0.05, 0) is 49.1 Å². The number of esters is 1. The zero-order valence-corrected chi connectivity index (χ0v) is 12.9. The molecule has 2 aromatic rings. The molecule has 0 unspecified atom stereocenters. The molecule has 19 heavy (non-hydrogen) atoms.